The van der Waals surface area contributed by atoms with Crippen molar-refractivity contribution >= 4 is 12.4 Å². The van der Waals surface area contributed by atoms with Crippen molar-refractivity contribution in [1.82, 2.24) is 24.6 Å². The molecule has 0 aromatic carbocycles. The molecular weight excluding hydrogens is 186 g/mol. The second-order valence-electron chi connectivity index (χ2n) is 0. The summed E-state index contributed by atoms with van der Waals surface area (Å²) in [7, 11) is 0. The third-order valence-electron chi connectivity index (χ3n) is 0. The van der Waals surface area contributed by atoms with Crippen molar-refractivity contribution < 1.29 is 16.5 Å². The van der Waals surface area contributed by atoms with Crippen molar-refractivity contribution in [2.45, 2.75) is 22.3 Å². The van der Waals surface area contributed by atoms with Gasteiger partial charge in [-0.1, -0.05) is 22.3 Å². The molecule has 0 spiro atoms. The predicted octanol–water partition coefficient (Wildman–Crippen LogP) is 2.98. The molecule has 6 heteroatoms. The Bertz CT molecular complexity index is 15.8. The molecule has 0 bridgehead atoms. The first-order chi connectivity index (χ1) is 0. The Morgan fingerprint density at radius 3 is 0.444 bits per heavy atom. The summed E-state index contributed by atoms with van der Waals surface area (Å²) in [5, 5.41) is 0. The van der Waals surface area contributed by atoms with Gasteiger partial charge in [-0.15, -0.1) is 12.4 Å². The zero-order chi connectivity index (χ0) is 0. The van der Waals surface area contributed by atoms with Gasteiger partial charge in [-0.3, -0.25) is 0 Å². The van der Waals surface area contributed by atoms with Crippen molar-refractivity contribution in [2.24, 2.45) is 0 Å². The molecule has 4 nitrogen and oxygen atoms in total. The third kappa shape index (κ3) is 973. The minimum Gasteiger partial charge on any atom is -0.344 e. The van der Waals surface area contributed by atoms with Crippen LogP contribution in [0.4, 0.5) is 0 Å². The predicted molar refractivity (Wildman–Crippen MR) is 47.5 cm³/mol. The zero-order valence-electron chi connectivity index (χ0n) is 3.55. The minimum absolute atomic E-state index is 0. The Morgan fingerprint density at radius 1 is 0.444 bits per heavy atom. The molecule has 12 N–H and O–H groups in total. The molecule has 0 amide bonds. The summed E-state index contributed by atoms with van der Waals surface area (Å²) >= 11 is 0. The van der Waals surface area contributed by atoms with Gasteiger partial charge in [0.2, 0.25) is 0 Å². The summed E-state index contributed by atoms with van der Waals surface area (Å²) in [5.74, 6) is 0. The van der Waals surface area contributed by atoms with Crippen LogP contribution in [0.2, 0.25) is 0 Å². The van der Waals surface area contributed by atoms with E-state index in [-0.39, 0.29) is 75.8 Å². The SMILES string of the molecule is C.C.C.Cl.N.N.N.N.[Ni]. The van der Waals surface area contributed by atoms with Gasteiger partial charge in [0.05, 0.1) is 0 Å². The van der Waals surface area contributed by atoms with Crippen LogP contribution in [-0.4, -0.2) is 0 Å². The molecule has 0 saturated carbocycles. The van der Waals surface area contributed by atoms with Gasteiger partial charge in [0, 0.05) is 16.5 Å². The van der Waals surface area contributed by atoms with Crippen molar-refractivity contribution in [3.63, 3.8) is 0 Å². The summed E-state index contributed by atoms with van der Waals surface area (Å²) in [6.07, 6.45) is 0. The molecule has 0 aromatic rings. The molecule has 0 radical (unpaired) electrons. The van der Waals surface area contributed by atoms with Crippen molar-refractivity contribution in [3.8, 4) is 0 Å². The molecule has 74 valence electrons. The van der Waals surface area contributed by atoms with Gasteiger partial charge < -0.3 is 24.6 Å². The summed E-state index contributed by atoms with van der Waals surface area (Å²) < 4.78 is 0. The van der Waals surface area contributed by atoms with Gasteiger partial charge in [0.15, 0.2) is 0 Å². The first-order valence-corrected chi connectivity index (χ1v) is 0. The van der Waals surface area contributed by atoms with E-state index in [1.807, 2.05) is 0 Å². The molecule has 0 aliphatic heterocycles. The molecule has 0 aromatic heterocycles. The van der Waals surface area contributed by atoms with E-state index in [1.165, 1.54) is 0 Å². The van der Waals surface area contributed by atoms with Crippen LogP contribution in [0.15, 0.2) is 0 Å². The van der Waals surface area contributed by atoms with Crippen LogP contribution >= 0.6 is 12.4 Å². The summed E-state index contributed by atoms with van der Waals surface area (Å²) in [4.78, 5) is 0. The number of hydrogen-bond acceptors (Lipinski definition) is 4. The van der Waals surface area contributed by atoms with Gasteiger partial charge in [-0.25, -0.2) is 0 Å². The number of rotatable bonds is 0. The molecule has 0 aliphatic carbocycles. The van der Waals surface area contributed by atoms with E-state index in [9.17, 15) is 0 Å². The monoisotopic (exact) mass is 210 g/mol. The van der Waals surface area contributed by atoms with Gasteiger partial charge in [-0.05, 0) is 0 Å². The molecule has 0 rings (SSSR count). The maximum atomic E-state index is 0. The Morgan fingerprint density at radius 2 is 0.444 bits per heavy atom. The smallest absolute Gasteiger partial charge is 0 e. The van der Waals surface area contributed by atoms with Gasteiger partial charge in [-0.2, -0.15) is 0 Å². The van der Waals surface area contributed by atoms with Crippen LogP contribution in [0.1, 0.15) is 22.3 Å². The molecular formula is C3H25ClN4Ni. The fraction of sp³-hybridized carbons (Fsp3) is 1.00. The molecule has 9 heavy (non-hydrogen) atoms. The topological polar surface area (TPSA) is 140 Å². The standard InChI is InChI=1S/3CH4.ClH.4H3N.Ni/h3*1H4;1H;4*1H3;. The maximum Gasteiger partial charge on any atom is 0 e. The van der Waals surface area contributed by atoms with Gasteiger partial charge in [0.1, 0.15) is 0 Å². The minimum atomic E-state index is 0. The number of hydrogen-bond donors (Lipinski definition) is 4. The summed E-state index contributed by atoms with van der Waals surface area (Å²) in [6.45, 7) is 0. The van der Waals surface area contributed by atoms with E-state index < -0.39 is 0 Å². The quantitative estimate of drug-likeness (QED) is 0.457. The summed E-state index contributed by atoms with van der Waals surface area (Å²) in [6, 6.07) is 0. The Hall–Kier alpha value is 0.624. The summed E-state index contributed by atoms with van der Waals surface area (Å²) in [5.41, 5.74) is 0. The Kier molecular flexibility index (Phi) is 264000. The van der Waals surface area contributed by atoms with Crippen LogP contribution in [0.25, 0.3) is 0 Å². The largest absolute Gasteiger partial charge is 0.344 e. The van der Waals surface area contributed by atoms with E-state index >= 15 is 0 Å². The Labute approximate surface area is 76.2 Å². The van der Waals surface area contributed by atoms with Gasteiger partial charge in [0.25, 0.3) is 0 Å². The van der Waals surface area contributed by atoms with E-state index in [0.29, 0.717) is 0 Å². The molecule has 0 unspecified atom stereocenters. The first kappa shape index (κ1) is 1840. The van der Waals surface area contributed by atoms with Crippen LogP contribution in [0, 0.1) is 0 Å². The van der Waals surface area contributed by atoms with E-state index in [2.05, 4.69) is 0 Å². The molecule has 0 heterocycles. The molecule has 0 fully saturated rings. The average Bonchev–Trinajstić information content (AvgIpc) is 0. The molecule has 0 saturated heterocycles. The Balaban J connectivity index is 0. The van der Waals surface area contributed by atoms with Crippen LogP contribution in [0.3, 0.4) is 0 Å². The van der Waals surface area contributed by atoms with E-state index in [1.54, 1.807) is 0 Å². The van der Waals surface area contributed by atoms with Crippen molar-refractivity contribution in [2.75, 3.05) is 0 Å². The number of halogens is 1. The van der Waals surface area contributed by atoms with Crippen LogP contribution in [0.5, 0.6) is 0 Å². The first-order valence-electron chi connectivity index (χ1n) is 0. The third-order valence-corrected chi connectivity index (χ3v) is 0. The van der Waals surface area contributed by atoms with E-state index in [4.69, 9.17) is 0 Å². The fourth-order valence-electron chi connectivity index (χ4n) is 0. The molecule has 0 aliphatic rings. The maximum absolute atomic E-state index is 0. The zero-order valence-corrected chi connectivity index (χ0v) is 5.36. The van der Waals surface area contributed by atoms with Gasteiger partial charge >= 0.3 is 0 Å². The van der Waals surface area contributed by atoms with E-state index in [0.717, 1.165) is 0 Å². The molecule has 0 atom stereocenters. The van der Waals surface area contributed by atoms with Crippen LogP contribution in [-0.2, 0) is 16.5 Å². The van der Waals surface area contributed by atoms with Crippen LogP contribution < -0.4 is 24.6 Å². The normalized spacial score (nSPS) is 0. The van der Waals surface area contributed by atoms with Crippen molar-refractivity contribution in [3.05, 3.63) is 0 Å². The average molecular weight is 211 g/mol. The fourth-order valence-corrected chi connectivity index (χ4v) is 0. The second kappa shape index (κ2) is 1290. The second-order valence-corrected chi connectivity index (χ2v) is 0. The van der Waals surface area contributed by atoms with Crippen molar-refractivity contribution in [1.29, 1.82) is 0 Å².